The van der Waals surface area contributed by atoms with Gasteiger partial charge in [0.1, 0.15) is 17.3 Å². The molecule has 0 saturated carbocycles. The Morgan fingerprint density at radius 1 is 1.07 bits per heavy atom. The molecule has 2 aromatic carbocycles. The second kappa shape index (κ2) is 7.67. The third-order valence-electron chi connectivity index (χ3n) is 4.75. The van der Waals surface area contributed by atoms with Crippen LogP contribution in [-0.2, 0) is 16.1 Å². The van der Waals surface area contributed by atoms with Crippen molar-refractivity contribution >= 4 is 33.4 Å². The number of likely N-dealkylation sites (tertiary alicyclic amines) is 1. The smallest absolute Gasteiger partial charge is 0.296 e. The van der Waals surface area contributed by atoms with Gasteiger partial charge in [-0.3, -0.25) is 9.59 Å². The Hall–Kier alpha value is -3.19. The number of benzene rings is 2. The zero-order chi connectivity index (χ0) is 20.5. The maximum atomic E-state index is 13.5. The van der Waals surface area contributed by atoms with E-state index >= 15 is 0 Å². The van der Waals surface area contributed by atoms with Crippen LogP contribution in [0.4, 0.5) is 4.39 Å². The number of amides is 1. The summed E-state index contributed by atoms with van der Waals surface area (Å²) in [5.41, 5.74) is 0.864. The van der Waals surface area contributed by atoms with Crippen LogP contribution in [0.1, 0.15) is 22.9 Å². The predicted molar refractivity (Wildman–Crippen MR) is 107 cm³/mol. The Balaban J connectivity index is 1.86. The van der Waals surface area contributed by atoms with Crippen molar-refractivity contribution in [2.75, 3.05) is 0 Å². The van der Waals surface area contributed by atoms with Gasteiger partial charge in [-0.05, 0) is 42.0 Å². The molecule has 5 nitrogen and oxygen atoms in total. The number of halogens is 2. The van der Waals surface area contributed by atoms with E-state index in [0.717, 1.165) is 4.47 Å². The van der Waals surface area contributed by atoms with Gasteiger partial charge in [-0.2, -0.15) is 0 Å². The maximum Gasteiger partial charge on any atom is 0.296 e. The summed E-state index contributed by atoms with van der Waals surface area (Å²) in [6.45, 7) is 0.0384. The summed E-state index contributed by atoms with van der Waals surface area (Å²) < 4.78 is 19.6. The molecule has 3 aromatic rings. The summed E-state index contributed by atoms with van der Waals surface area (Å²) in [4.78, 5) is 27.0. The van der Waals surface area contributed by atoms with Gasteiger partial charge < -0.3 is 14.4 Å². The average molecular weight is 456 g/mol. The highest BCUT2D eigenvalue weighted by atomic mass is 79.9. The Morgan fingerprint density at radius 3 is 2.38 bits per heavy atom. The number of carbonyl (C=O) groups excluding carboxylic acids is 2. The molecule has 0 spiro atoms. The SMILES string of the molecule is O=C1C(=O)N(Cc2ccco2)C(c2ccc(F)cc2)/C1=C(\O)c1ccc(Br)cc1. The van der Waals surface area contributed by atoms with Crippen LogP contribution < -0.4 is 0 Å². The third kappa shape index (κ3) is 3.61. The Labute approximate surface area is 174 Å². The summed E-state index contributed by atoms with van der Waals surface area (Å²) in [5.74, 6) is -1.79. The first-order valence-corrected chi connectivity index (χ1v) is 9.57. The van der Waals surface area contributed by atoms with Crippen LogP contribution in [0.25, 0.3) is 5.76 Å². The Morgan fingerprint density at radius 2 is 1.76 bits per heavy atom. The second-order valence-electron chi connectivity index (χ2n) is 6.56. The fourth-order valence-electron chi connectivity index (χ4n) is 3.37. The minimum absolute atomic E-state index is 0.0384. The van der Waals surface area contributed by atoms with Gasteiger partial charge in [0, 0.05) is 10.0 Å². The molecule has 7 heteroatoms. The molecule has 4 rings (SSSR count). The van der Waals surface area contributed by atoms with Crippen LogP contribution in [0.5, 0.6) is 0 Å². The number of ketones is 1. The summed E-state index contributed by atoms with van der Waals surface area (Å²) in [5, 5.41) is 10.9. The fraction of sp³-hybridized carbons (Fsp3) is 0.0909. The van der Waals surface area contributed by atoms with Gasteiger partial charge in [0.2, 0.25) is 0 Å². The van der Waals surface area contributed by atoms with E-state index in [4.69, 9.17) is 4.42 Å². The van der Waals surface area contributed by atoms with Crippen LogP contribution >= 0.6 is 15.9 Å². The lowest BCUT2D eigenvalue weighted by molar-refractivity contribution is -0.140. The molecule has 1 amide bonds. The number of Topliss-reactive ketones (excluding diaryl/α,β-unsaturated/α-hetero) is 1. The summed E-state index contributed by atoms with van der Waals surface area (Å²) in [6.07, 6.45) is 1.47. The fourth-order valence-corrected chi connectivity index (χ4v) is 3.63. The molecule has 1 fully saturated rings. The summed E-state index contributed by atoms with van der Waals surface area (Å²) >= 11 is 3.32. The zero-order valence-corrected chi connectivity index (χ0v) is 16.6. The monoisotopic (exact) mass is 455 g/mol. The van der Waals surface area contributed by atoms with E-state index in [1.807, 2.05) is 0 Å². The van der Waals surface area contributed by atoms with Crippen molar-refractivity contribution in [2.45, 2.75) is 12.6 Å². The van der Waals surface area contributed by atoms with E-state index in [2.05, 4.69) is 15.9 Å². The molecule has 1 aliphatic rings. The first-order chi connectivity index (χ1) is 14.0. The van der Waals surface area contributed by atoms with E-state index in [9.17, 15) is 19.1 Å². The molecule has 29 heavy (non-hydrogen) atoms. The van der Waals surface area contributed by atoms with Gasteiger partial charge in [-0.25, -0.2) is 4.39 Å². The molecular formula is C22H15BrFNO4. The van der Waals surface area contributed by atoms with Gasteiger partial charge in [0.25, 0.3) is 11.7 Å². The molecular weight excluding hydrogens is 441 g/mol. The van der Waals surface area contributed by atoms with Crippen molar-refractivity contribution in [2.24, 2.45) is 0 Å². The topological polar surface area (TPSA) is 70.8 Å². The molecule has 1 unspecified atom stereocenters. The lowest BCUT2D eigenvalue weighted by atomic mass is 9.95. The number of hydrogen-bond acceptors (Lipinski definition) is 4. The number of rotatable bonds is 4. The molecule has 1 atom stereocenters. The lowest BCUT2D eigenvalue weighted by Gasteiger charge is -2.24. The Kier molecular flexibility index (Phi) is 5.07. The predicted octanol–water partition coefficient (Wildman–Crippen LogP) is 4.80. The van der Waals surface area contributed by atoms with Crippen molar-refractivity contribution in [3.63, 3.8) is 0 Å². The van der Waals surface area contributed by atoms with E-state index in [0.29, 0.717) is 16.9 Å². The van der Waals surface area contributed by atoms with Crippen LogP contribution in [0, 0.1) is 5.82 Å². The third-order valence-corrected chi connectivity index (χ3v) is 5.28. The van der Waals surface area contributed by atoms with Gasteiger partial charge in [0.15, 0.2) is 0 Å². The molecule has 0 bridgehead atoms. The standard InChI is InChI=1S/C22H15BrFNO4/c23-15-7-3-14(4-8-15)20(26)18-19(13-5-9-16(24)10-6-13)25(22(28)21(18)27)12-17-2-1-11-29-17/h1-11,19,26H,12H2/b20-18+. The second-order valence-corrected chi connectivity index (χ2v) is 7.48. The number of aliphatic hydroxyl groups is 1. The van der Waals surface area contributed by atoms with Crippen LogP contribution in [-0.4, -0.2) is 21.7 Å². The molecule has 0 aliphatic carbocycles. The van der Waals surface area contributed by atoms with Crippen LogP contribution in [0.2, 0.25) is 0 Å². The minimum Gasteiger partial charge on any atom is -0.507 e. The summed E-state index contributed by atoms with van der Waals surface area (Å²) in [7, 11) is 0. The van der Waals surface area contributed by atoms with Gasteiger partial charge >= 0.3 is 0 Å². The molecule has 1 N–H and O–H groups in total. The first-order valence-electron chi connectivity index (χ1n) is 8.78. The van der Waals surface area contributed by atoms with Gasteiger partial charge in [0.05, 0.1) is 24.4 Å². The zero-order valence-electron chi connectivity index (χ0n) is 15.0. The number of furan rings is 1. The van der Waals surface area contributed by atoms with E-state index in [1.54, 1.807) is 36.4 Å². The van der Waals surface area contributed by atoms with Crippen molar-refractivity contribution in [3.05, 3.63) is 99.7 Å². The lowest BCUT2D eigenvalue weighted by Crippen LogP contribution is -2.29. The molecule has 1 aliphatic heterocycles. The highest BCUT2D eigenvalue weighted by molar-refractivity contribution is 9.10. The van der Waals surface area contributed by atoms with Crippen molar-refractivity contribution in [3.8, 4) is 0 Å². The quantitative estimate of drug-likeness (QED) is 0.348. The highest BCUT2D eigenvalue weighted by Gasteiger charge is 2.46. The minimum atomic E-state index is -0.871. The van der Waals surface area contributed by atoms with E-state index < -0.39 is 23.5 Å². The molecule has 0 radical (unpaired) electrons. The van der Waals surface area contributed by atoms with Crippen LogP contribution in [0.3, 0.4) is 0 Å². The average Bonchev–Trinajstić information content (AvgIpc) is 3.31. The number of hydrogen-bond donors (Lipinski definition) is 1. The van der Waals surface area contributed by atoms with Gasteiger partial charge in [-0.1, -0.05) is 40.2 Å². The van der Waals surface area contributed by atoms with Crippen LogP contribution in [0.15, 0.2) is 81.4 Å². The van der Waals surface area contributed by atoms with E-state index in [1.165, 1.54) is 35.4 Å². The Bertz CT molecular complexity index is 1090. The number of aliphatic hydroxyl groups excluding tert-OH is 1. The summed E-state index contributed by atoms with van der Waals surface area (Å²) in [6, 6.07) is 14.7. The van der Waals surface area contributed by atoms with Crippen molar-refractivity contribution in [1.82, 2.24) is 4.90 Å². The van der Waals surface area contributed by atoms with Crippen molar-refractivity contribution < 1.29 is 23.5 Å². The molecule has 1 saturated heterocycles. The maximum absolute atomic E-state index is 13.5. The van der Waals surface area contributed by atoms with Gasteiger partial charge in [-0.15, -0.1) is 0 Å². The highest BCUT2D eigenvalue weighted by Crippen LogP contribution is 2.40. The van der Waals surface area contributed by atoms with Crippen molar-refractivity contribution in [1.29, 1.82) is 0 Å². The molecule has 2 heterocycles. The number of nitrogens with zero attached hydrogens (tertiary/aromatic N) is 1. The normalized spacial score (nSPS) is 18.4. The first kappa shape index (κ1) is 19.1. The molecule has 1 aromatic heterocycles. The largest absolute Gasteiger partial charge is 0.507 e. The number of carbonyl (C=O) groups is 2. The van der Waals surface area contributed by atoms with E-state index in [-0.39, 0.29) is 17.9 Å². The molecule has 146 valence electrons.